The Morgan fingerprint density at radius 1 is 1.24 bits per heavy atom. The van der Waals surface area contributed by atoms with Gasteiger partial charge in [0.25, 0.3) is 11.8 Å². The second kappa shape index (κ2) is 11.5. The first-order chi connectivity index (χ1) is 17.9. The van der Waals surface area contributed by atoms with E-state index in [2.05, 4.69) is 44.8 Å². The molecule has 0 saturated carbocycles. The van der Waals surface area contributed by atoms with Gasteiger partial charge in [0.15, 0.2) is 0 Å². The summed E-state index contributed by atoms with van der Waals surface area (Å²) in [5.41, 5.74) is 5.63. The highest BCUT2D eigenvalue weighted by Gasteiger charge is 2.35. The summed E-state index contributed by atoms with van der Waals surface area (Å²) in [4.78, 5) is 33.7. The average molecular weight is 653 g/mol. The number of allylic oxidation sites excluding steroid dienone is 5. The van der Waals surface area contributed by atoms with E-state index in [9.17, 15) is 18.7 Å². The molecule has 10 heteroatoms. The van der Waals surface area contributed by atoms with Crippen molar-refractivity contribution in [3.8, 4) is 0 Å². The third-order valence-corrected chi connectivity index (χ3v) is 9.74. The van der Waals surface area contributed by atoms with Gasteiger partial charge in [0.1, 0.15) is 0 Å². The van der Waals surface area contributed by atoms with E-state index in [1.807, 2.05) is 56.9 Å². The van der Waals surface area contributed by atoms with Crippen molar-refractivity contribution in [2.45, 2.75) is 39.4 Å². The summed E-state index contributed by atoms with van der Waals surface area (Å²) >= 11 is 2.21. The molecule has 1 aromatic rings. The van der Waals surface area contributed by atoms with Gasteiger partial charge in [0.05, 0.1) is 22.1 Å². The van der Waals surface area contributed by atoms with Crippen LogP contribution >= 0.6 is 33.2 Å². The second-order valence-electron chi connectivity index (χ2n) is 10.2. The molecule has 1 aliphatic carbocycles. The van der Waals surface area contributed by atoms with Crippen LogP contribution in [0.2, 0.25) is 0 Å². The van der Waals surface area contributed by atoms with Crippen LogP contribution in [0.3, 0.4) is 0 Å². The molecule has 4 rings (SSSR count). The fraction of sp³-hybridized carbons (Fsp3) is 0.429. The summed E-state index contributed by atoms with van der Waals surface area (Å²) in [7, 11) is -0.940. The molecule has 2 fully saturated rings. The van der Waals surface area contributed by atoms with Crippen LogP contribution in [-0.4, -0.2) is 79.9 Å². The van der Waals surface area contributed by atoms with Gasteiger partial charge < -0.3 is 20.1 Å². The summed E-state index contributed by atoms with van der Waals surface area (Å²) < 4.78 is 23.3. The van der Waals surface area contributed by atoms with E-state index in [1.54, 1.807) is 6.08 Å². The molecule has 206 valence electrons. The van der Waals surface area contributed by atoms with E-state index < -0.39 is 15.8 Å². The third-order valence-electron chi connectivity index (χ3n) is 7.37. The summed E-state index contributed by atoms with van der Waals surface area (Å²) in [6.07, 6.45) is 9.76. The lowest BCUT2D eigenvalue weighted by Crippen LogP contribution is -2.47. The van der Waals surface area contributed by atoms with Crippen LogP contribution in [0.15, 0.2) is 50.3 Å². The van der Waals surface area contributed by atoms with Gasteiger partial charge in [-0.15, -0.1) is 0 Å². The van der Waals surface area contributed by atoms with E-state index in [1.165, 1.54) is 0 Å². The number of aromatic amines is 1. The predicted octanol–water partition coefficient (Wildman–Crippen LogP) is 5.15. The summed E-state index contributed by atoms with van der Waals surface area (Å²) in [5, 5.41) is 2.41. The molecule has 1 aromatic heterocycles. The topological polar surface area (TPSA) is 109 Å². The number of aromatic nitrogens is 1. The largest absolute Gasteiger partial charge is 0.358 e. The molecule has 0 bridgehead atoms. The zero-order chi connectivity index (χ0) is 27.8. The van der Waals surface area contributed by atoms with Gasteiger partial charge in [-0.2, -0.15) is 10.6 Å². The molecule has 1 atom stereocenters. The Morgan fingerprint density at radius 3 is 2.55 bits per heavy atom. The first-order valence-electron chi connectivity index (χ1n) is 12.8. The molecule has 2 saturated heterocycles. The Labute approximate surface area is 240 Å². The SMILES string of the molecule is C/C=C(\C=C(/C)I)CS(O)(O)C1C=C2C(=CC1)NC(=O)/C2=C\c1[nH]c(C)c(C(=O)N2CCN(C)CC2)c1C. The number of carbonyl (C=O) groups excluding carboxylic acids is 2. The van der Waals surface area contributed by atoms with Crippen molar-refractivity contribution in [3.05, 3.63) is 72.8 Å². The normalized spacial score (nSPS) is 22.8. The van der Waals surface area contributed by atoms with E-state index >= 15 is 0 Å². The van der Waals surface area contributed by atoms with Crippen molar-refractivity contribution in [2.24, 2.45) is 0 Å². The zero-order valence-corrected chi connectivity index (χ0v) is 25.6. The molecular weight excluding hydrogens is 615 g/mol. The number of piperazine rings is 1. The Balaban J connectivity index is 1.63. The Bertz CT molecular complexity index is 1290. The number of amides is 2. The molecule has 0 spiro atoms. The molecule has 0 aromatic carbocycles. The predicted molar refractivity (Wildman–Crippen MR) is 164 cm³/mol. The molecule has 2 amide bonds. The fourth-order valence-corrected chi connectivity index (χ4v) is 7.24. The van der Waals surface area contributed by atoms with Gasteiger partial charge in [-0.05, 0) is 90.6 Å². The van der Waals surface area contributed by atoms with Gasteiger partial charge in [0.2, 0.25) is 0 Å². The Kier molecular flexibility index (Phi) is 8.78. The summed E-state index contributed by atoms with van der Waals surface area (Å²) in [5.74, 6) is -0.0723. The zero-order valence-electron chi connectivity index (χ0n) is 22.6. The number of hydrogen-bond acceptors (Lipinski definition) is 5. The van der Waals surface area contributed by atoms with Crippen LogP contribution in [0, 0.1) is 13.8 Å². The standard InChI is InChI=1S/C28H37IN4O4S/c1-6-20(13-17(2)29)16-38(36,37)21-7-8-24-22(14-21)23(27(34)31-24)15-25-18(3)26(19(4)30-25)28(35)33-11-9-32(5)10-12-33/h6,8,13-15,21,30,36-37H,7,9-12,16H2,1-5H3,(H,31,34)/b17-13+,20-6+,23-15-. The first-order valence-corrected chi connectivity index (χ1v) is 15.6. The number of carbonyl (C=O) groups is 2. The van der Waals surface area contributed by atoms with Crippen molar-refractivity contribution in [1.82, 2.24) is 20.1 Å². The quantitative estimate of drug-likeness (QED) is 0.193. The van der Waals surface area contributed by atoms with Crippen LogP contribution in [0.1, 0.15) is 47.6 Å². The molecule has 0 radical (unpaired) electrons. The number of nitrogens with zero attached hydrogens (tertiary/aromatic N) is 2. The highest BCUT2D eigenvalue weighted by Crippen LogP contribution is 2.51. The van der Waals surface area contributed by atoms with Crippen molar-refractivity contribution in [2.75, 3.05) is 39.0 Å². The maximum absolute atomic E-state index is 13.3. The minimum atomic E-state index is -3.00. The van der Waals surface area contributed by atoms with Crippen LogP contribution in [-0.2, 0) is 4.79 Å². The number of hydrogen-bond donors (Lipinski definition) is 4. The second-order valence-corrected chi connectivity index (χ2v) is 14.2. The average Bonchev–Trinajstić information content (AvgIpc) is 3.32. The number of aryl methyl sites for hydroxylation is 1. The Hall–Kier alpha value is -2.12. The smallest absolute Gasteiger partial charge is 0.256 e. The van der Waals surface area contributed by atoms with Crippen LogP contribution in [0.5, 0.6) is 0 Å². The summed E-state index contributed by atoms with van der Waals surface area (Å²) in [6.45, 7) is 10.7. The first kappa shape index (κ1) is 28.9. The third kappa shape index (κ3) is 6.04. The van der Waals surface area contributed by atoms with Crippen LogP contribution < -0.4 is 5.32 Å². The Morgan fingerprint density at radius 2 is 1.92 bits per heavy atom. The van der Waals surface area contributed by atoms with Crippen molar-refractivity contribution in [3.63, 3.8) is 0 Å². The maximum Gasteiger partial charge on any atom is 0.256 e. The van der Waals surface area contributed by atoms with Crippen LogP contribution in [0.4, 0.5) is 0 Å². The molecule has 4 N–H and O–H groups in total. The number of likely N-dealkylation sites (N-methyl/N-ethyl adjacent to an activating group) is 1. The number of nitrogens with one attached hydrogen (secondary N) is 2. The number of halogens is 1. The van der Waals surface area contributed by atoms with Gasteiger partial charge in [0, 0.05) is 48.8 Å². The van der Waals surface area contributed by atoms with Crippen molar-refractivity contribution >= 4 is 51.1 Å². The van der Waals surface area contributed by atoms with Gasteiger partial charge in [-0.1, -0.05) is 18.2 Å². The lowest BCUT2D eigenvalue weighted by Gasteiger charge is -2.40. The molecule has 3 aliphatic rings. The molecule has 38 heavy (non-hydrogen) atoms. The molecular formula is C28H37IN4O4S. The van der Waals surface area contributed by atoms with Gasteiger partial charge in [-0.25, -0.2) is 0 Å². The van der Waals surface area contributed by atoms with E-state index in [4.69, 9.17) is 0 Å². The fourth-order valence-electron chi connectivity index (χ4n) is 5.13. The molecule has 2 aliphatic heterocycles. The van der Waals surface area contributed by atoms with Crippen molar-refractivity contribution < 1.29 is 18.7 Å². The highest BCUT2D eigenvalue weighted by molar-refractivity contribution is 14.1. The maximum atomic E-state index is 13.3. The van der Waals surface area contributed by atoms with Crippen molar-refractivity contribution in [1.29, 1.82) is 0 Å². The van der Waals surface area contributed by atoms with E-state index in [0.717, 1.165) is 33.5 Å². The lowest BCUT2D eigenvalue weighted by atomic mass is 9.98. The van der Waals surface area contributed by atoms with E-state index in [0.29, 0.717) is 47.6 Å². The molecule has 3 heterocycles. The van der Waals surface area contributed by atoms with E-state index in [-0.39, 0.29) is 17.6 Å². The monoisotopic (exact) mass is 652 g/mol. The number of rotatable bonds is 6. The highest BCUT2D eigenvalue weighted by atomic mass is 127. The van der Waals surface area contributed by atoms with Gasteiger partial charge in [-0.3, -0.25) is 18.7 Å². The molecule has 8 nitrogen and oxygen atoms in total. The van der Waals surface area contributed by atoms with Crippen LogP contribution in [0.25, 0.3) is 6.08 Å². The minimum absolute atomic E-state index is 0.00641. The van der Waals surface area contributed by atoms with Gasteiger partial charge >= 0.3 is 0 Å². The lowest BCUT2D eigenvalue weighted by molar-refractivity contribution is -0.115. The number of H-pyrrole nitrogens is 1. The number of fused-ring (bicyclic) bond motifs is 1. The summed E-state index contributed by atoms with van der Waals surface area (Å²) in [6, 6.07) is 0. The molecule has 1 unspecified atom stereocenters. The minimum Gasteiger partial charge on any atom is -0.358 e.